The summed E-state index contributed by atoms with van der Waals surface area (Å²) in [6.45, 7) is 13.6. The van der Waals surface area contributed by atoms with E-state index < -0.39 is 30.4 Å². The topological polar surface area (TPSA) is 150 Å². The lowest BCUT2D eigenvalue weighted by Gasteiger charge is -2.17. The highest BCUT2D eigenvalue weighted by atomic mass is 16.7. The average Bonchev–Trinajstić information content (AvgIpc) is 2.83. The minimum absolute atomic E-state index is 0.0260. The highest BCUT2D eigenvalue weighted by molar-refractivity contribution is 5.76. The Bertz CT molecular complexity index is 960. The molecule has 1 rings (SSSR count). The molecule has 0 aliphatic heterocycles. The van der Waals surface area contributed by atoms with Gasteiger partial charge in [0.15, 0.2) is 11.5 Å². The maximum Gasteiger partial charge on any atom is 0.513 e. The number of hydrogen-bond acceptors (Lipinski definition) is 11. The molecule has 1 aromatic carbocycles. The van der Waals surface area contributed by atoms with Crippen molar-refractivity contribution in [3.8, 4) is 11.5 Å². The van der Waals surface area contributed by atoms with Crippen LogP contribution in [-0.4, -0.2) is 56.2 Å². The van der Waals surface area contributed by atoms with E-state index in [0.29, 0.717) is 30.2 Å². The SMILES string of the molecule is CC(C)CCOC(=O)Oc1ccc(C[C@H](N)C(=O)OC[C@H](C)OC(=O)CC(C)C)cc1OC(=O)OCCC(C)C. The molecule has 0 unspecified atom stereocenters. The van der Waals surface area contributed by atoms with Crippen molar-refractivity contribution in [3.05, 3.63) is 23.8 Å². The summed E-state index contributed by atoms with van der Waals surface area (Å²) in [6.07, 6.45) is -0.947. The molecule has 11 heteroatoms. The highest BCUT2D eigenvalue weighted by Crippen LogP contribution is 2.30. The summed E-state index contributed by atoms with van der Waals surface area (Å²) in [7, 11) is 0. The lowest BCUT2D eigenvalue weighted by atomic mass is 10.1. The van der Waals surface area contributed by atoms with Crippen molar-refractivity contribution in [1.82, 2.24) is 0 Å². The Kier molecular flexibility index (Phi) is 15.7. The Morgan fingerprint density at radius 1 is 0.750 bits per heavy atom. The van der Waals surface area contributed by atoms with Gasteiger partial charge in [0.1, 0.15) is 18.8 Å². The molecular formula is C29H45NO10. The first-order chi connectivity index (χ1) is 18.8. The first kappa shape index (κ1) is 34.7. The van der Waals surface area contributed by atoms with E-state index in [2.05, 4.69) is 0 Å². The molecule has 0 aliphatic rings. The van der Waals surface area contributed by atoms with Crippen LogP contribution in [0.1, 0.15) is 73.3 Å². The van der Waals surface area contributed by atoms with Crippen molar-refractivity contribution in [3.63, 3.8) is 0 Å². The van der Waals surface area contributed by atoms with Crippen LogP contribution in [0.2, 0.25) is 0 Å². The van der Waals surface area contributed by atoms with Gasteiger partial charge >= 0.3 is 24.2 Å². The van der Waals surface area contributed by atoms with Gasteiger partial charge in [0, 0.05) is 6.42 Å². The number of hydrogen-bond donors (Lipinski definition) is 1. The minimum atomic E-state index is -1.06. The second-order valence-electron chi connectivity index (χ2n) is 10.9. The molecule has 2 atom stereocenters. The molecule has 0 spiro atoms. The second kappa shape index (κ2) is 18.1. The van der Waals surface area contributed by atoms with Crippen LogP contribution >= 0.6 is 0 Å². The van der Waals surface area contributed by atoms with Crippen molar-refractivity contribution >= 4 is 24.2 Å². The molecule has 1 aromatic rings. The predicted octanol–water partition coefficient (Wildman–Crippen LogP) is 5.20. The quantitative estimate of drug-likeness (QED) is 0.159. The largest absolute Gasteiger partial charge is 0.513 e. The average molecular weight is 568 g/mol. The first-order valence-corrected chi connectivity index (χ1v) is 13.7. The Balaban J connectivity index is 2.85. The third-order valence-electron chi connectivity index (χ3n) is 5.35. The molecule has 0 saturated carbocycles. The van der Waals surface area contributed by atoms with Crippen LogP contribution < -0.4 is 15.2 Å². The zero-order valence-corrected chi connectivity index (χ0v) is 24.7. The summed E-state index contributed by atoms with van der Waals surface area (Å²) in [6, 6.07) is 3.34. The Morgan fingerprint density at radius 3 is 1.82 bits per heavy atom. The van der Waals surface area contributed by atoms with Crippen molar-refractivity contribution in [2.75, 3.05) is 19.8 Å². The first-order valence-electron chi connectivity index (χ1n) is 13.7. The maximum absolute atomic E-state index is 12.4. The van der Waals surface area contributed by atoms with Gasteiger partial charge < -0.3 is 34.2 Å². The minimum Gasteiger partial charge on any atom is -0.461 e. The molecule has 0 bridgehead atoms. The smallest absolute Gasteiger partial charge is 0.461 e. The van der Waals surface area contributed by atoms with E-state index in [1.54, 1.807) is 13.0 Å². The summed E-state index contributed by atoms with van der Waals surface area (Å²) in [5.74, 6) is -0.414. The molecule has 0 heterocycles. The van der Waals surface area contributed by atoms with E-state index in [0.717, 1.165) is 0 Å². The zero-order valence-electron chi connectivity index (χ0n) is 24.7. The molecule has 0 aromatic heterocycles. The molecule has 0 aliphatic carbocycles. The van der Waals surface area contributed by atoms with Gasteiger partial charge in [-0.1, -0.05) is 47.6 Å². The van der Waals surface area contributed by atoms with Gasteiger partial charge in [-0.15, -0.1) is 0 Å². The summed E-state index contributed by atoms with van der Waals surface area (Å²) in [5.41, 5.74) is 6.53. The monoisotopic (exact) mass is 567 g/mol. The molecule has 0 amide bonds. The number of carbonyl (C=O) groups is 4. The van der Waals surface area contributed by atoms with E-state index >= 15 is 0 Å². The molecule has 0 saturated heterocycles. The molecule has 0 radical (unpaired) electrons. The number of rotatable bonds is 16. The summed E-state index contributed by atoms with van der Waals surface area (Å²) in [4.78, 5) is 48.6. The van der Waals surface area contributed by atoms with Crippen molar-refractivity contribution in [2.24, 2.45) is 23.5 Å². The maximum atomic E-state index is 12.4. The van der Waals surface area contributed by atoms with Gasteiger partial charge in [-0.3, -0.25) is 9.59 Å². The van der Waals surface area contributed by atoms with Gasteiger partial charge in [0.25, 0.3) is 0 Å². The summed E-state index contributed by atoms with van der Waals surface area (Å²) < 4.78 is 31.1. The molecular weight excluding hydrogens is 522 g/mol. The molecule has 226 valence electrons. The van der Waals surface area contributed by atoms with Gasteiger partial charge in [0.2, 0.25) is 0 Å². The van der Waals surface area contributed by atoms with E-state index in [1.165, 1.54) is 12.1 Å². The highest BCUT2D eigenvalue weighted by Gasteiger charge is 2.21. The number of benzene rings is 1. The van der Waals surface area contributed by atoms with Crippen LogP contribution in [0, 0.1) is 17.8 Å². The number of nitrogens with two attached hydrogens (primary N) is 1. The standard InChI is InChI=1S/C29H45NO10/c1-18(2)10-12-35-28(33)39-24-9-8-22(16-25(24)40-29(34)36-13-11-19(3)4)15-23(30)27(32)37-17-21(7)38-26(31)14-20(5)6/h8-9,16,18-21,23H,10-15,17,30H2,1-7H3/t21-,23-/m0/s1. The lowest BCUT2D eigenvalue weighted by Crippen LogP contribution is -2.36. The predicted molar refractivity (Wildman–Crippen MR) is 147 cm³/mol. The fraction of sp³-hybridized carbons (Fsp3) is 0.655. The van der Waals surface area contributed by atoms with Crippen LogP contribution in [0.15, 0.2) is 18.2 Å². The van der Waals surface area contributed by atoms with Crippen molar-refractivity contribution < 1.29 is 47.6 Å². The molecule has 2 N–H and O–H groups in total. The van der Waals surface area contributed by atoms with Crippen LogP contribution in [0.5, 0.6) is 11.5 Å². The van der Waals surface area contributed by atoms with E-state index in [9.17, 15) is 19.2 Å². The van der Waals surface area contributed by atoms with E-state index in [1.807, 2.05) is 41.5 Å². The number of carbonyl (C=O) groups excluding carboxylic acids is 4. The van der Waals surface area contributed by atoms with Crippen LogP contribution in [0.25, 0.3) is 0 Å². The molecule has 0 fully saturated rings. The van der Waals surface area contributed by atoms with Crippen molar-refractivity contribution in [1.29, 1.82) is 0 Å². The lowest BCUT2D eigenvalue weighted by molar-refractivity contribution is -0.159. The fourth-order valence-electron chi connectivity index (χ4n) is 3.12. The summed E-state index contributed by atoms with van der Waals surface area (Å²) >= 11 is 0. The number of esters is 2. The van der Waals surface area contributed by atoms with Gasteiger partial charge in [-0.2, -0.15) is 0 Å². The zero-order chi connectivity index (χ0) is 30.2. The van der Waals surface area contributed by atoms with Gasteiger partial charge in [-0.05, 0) is 61.6 Å². The Hall–Kier alpha value is -3.34. The molecule has 40 heavy (non-hydrogen) atoms. The Labute approximate surface area is 236 Å². The fourth-order valence-corrected chi connectivity index (χ4v) is 3.12. The van der Waals surface area contributed by atoms with Gasteiger partial charge in [-0.25, -0.2) is 9.59 Å². The van der Waals surface area contributed by atoms with Crippen LogP contribution in [-0.2, 0) is 35.0 Å². The van der Waals surface area contributed by atoms with Crippen LogP contribution in [0.3, 0.4) is 0 Å². The third kappa shape index (κ3) is 15.3. The van der Waals surface area contributed by atoms with Crippen molar-refractivity contribution in [2.45, 2.75) is 86.3 Å². The summed E-state index contributed by atoms with van der Waals surface area (Å²) in [5, 5.41) is 0. The third-order valence-corrected chi connectivity index (χ3v) is 5.35. The Morgan fingerprint density at radius 2 is 1.30 bits per heavy atom. The second-order valence-corrected chi connectivity index (χ2v) is 10.9. The van der Waals surface area contributed by atoms with E-state index in [-0.39, 0.29) is 56.0 Å². The molecule has 11 nitrogen and oxygen atoms in total. The van der Waals surface area contributed by atoms with Crippen LogP contribution in [0.4, 0.5) is 9.59 Å². The number of ether oxygens (including phenoxy) is 6. The normalized spacial score (nSPS) is 12.6. The van der Waals surface area contributed by atoms with Gasteiger partial charge in [0.05, 0.1) is 13.2 Å². The van der Waals surface area contributed by atoms with E-state index in [4.69, 9.17) is 34.2 Å².